The molecule has 0 radical (unpaired) electrons. The summed E-state index contributed by atoms with van der Waals surface area (Å²) in [5, 5.41) is 8.98. The van der Waals surface area contributed by atoms with Gasteiger partial charge in [-0.1, -0.05) is 18.2 Å². The minimum Gasteiger partial charge on any atom is -0.481 e. The molecular formula is C11H8F3NO2. The number of fused-ring (bicyclic) bond motifs is 1. The third-order valence-corrected chi connectivity index (χ3v) is 2.51. The summed E-state index contributed by atoms with van der Waals surface area (Å²) in [5.74, 6) is -4.40. The SMILES string of the molecule is O=C(O)C(c1c[nH]c2ccccc12)C(F)(F)F. The molecule has 1 heterocycles. The van der Waals surface area contributed by atoms with Gasteiger partial charge in [0.1, 0.15) is 0 Å². The number of aromatic nitrogens is 1. The molecule has 1 atom stereocenters. The first-order valence-electron chi connectivity index (χ1n) is 4.77. The number of hydrogen-bond acceptors (Lipinski definition) is 1. The van der Waals surface area contributed by atoms with Crippen molar-refractivity contribution in [2.75, 3.05) is 0 Å². The summed E-state index contributed by atoms with van der Waals surface area (Å²) in [6.45, 7) is 0. The van der Waals surface area contributed by atoms with E-state index in [2.05, 4.69) is 4.98 Å². The zero-order chi connectivity index (χ0) is 12.6. The fraction of sp³-hybridized carbons (Fsp3) is 0.182. The van der Waals surface area contributed by atoms with E-state index in [4.69, 9.17) is 5.11 Å². The van der Waals surface area contributed by atoms with Crippen molar-refractivity contribution in [3.63, 3.8) is 0 Å². The Morgan fingerprint density at radius 1 is 1.29 bits per heavy atom. The lowest BCUT2D eigenvalue weighted by Crippen LogP contribution is -2.28. The molecule has 6 heteroatoms. The topological polar surface area (TPSA) is 53.1 Å². The average Bonchev–Trinajstić information content (AvgIpc) is 2.60. The second kappa shape index (κ2) is 3.80. The van der Waals surface area contributed by atoms with Gasteiger partial charge in [0, 0.05) is 22.7 Å². The predicted molar refractivity (Wildman–Crippen MR) is 54.7 cm³/mol. The number of nitrogens with one attached hydrogen (secondary N) is 1. The third-order valence-electron chi connectivity index (χ3n) is 2.51. The molecule has 0 bridgehead atoms. The Balaban J connectivity index is 2.61. The van der Waals surface area contributed by atoms with Crippen molar-refractivity contribution in [2.45, 2.75) is 12.1 Å². The first-order valence-corrected chi connectivity index (χ1v) is 4.77. The smallest absolute Gasteiger partial charge is 0.406 e. The van der Waals surface area contributed by atoms with Gasteiger partial charge in [-0.15, -0.1) is 0 Å². The minimum absolute atomic E-state index is 0.263. The largest absolute Gasteiger partial charge is 0.481 e. The van der Waals surface area contributed by atoms with E-state index >= 15 is 0 Å². The first-order chi connectivity index (χ1) is 7.91. The van der Waals surface area contributed by atoms with Crippen LogP contribution in [0.2, 0.25) is 0 Å². The molecule has 2 rings (SSSR count). The van der Waals surface area contributed by atoms with Crippen LogP contribution >= 0.6 is 0 Å². The standard InChI is InChI=1S/C11H8F3NO2/c12-11(13,14)9(10(16)17)7-5-15-8-4-2-1-3-6(7)8/h1-5,9,15H,(H,16,17). The number of benzene rings is 1. The molecule has 90 valence electrons. The van der Waals surface area contributed by atoms with E-state index in [1.807, 2.05) is 0 Å². The lowest BCUT2D eigenvalue weighted by Gasteiger charge is -2.15. The number of H-pyrrole nitrogens is 1. The Bertz CT molecular complexity index is 559. The van der Waals surface area contributed by atoms with Gasteiger partial charge in [-0.3, -0.25) is 4.79 Å². The third kappa shape index (κ3) is 1.98. The van der Waals surface area contributed by atoms with E-state index in [0.717, 1.165) is 6.20 Å². The minimum atomic E-state index is -4.81. The first kappa shape index (κ1) is 11.5. The van der Waals surface area contributed by atoms with Crippen LogP contribution in [0.15, 0.2) is 30.5 Å². The van der Waals surface area contributed by atoms with Gasteiger partial charge in [0.2, 0.25) is 0 Å². The number of para-hydroxylation sites is 1. The molecule has 1 aromatic heterocycles. The van der Waals surface area contributed by atoms with Gasteiger partial charge in [-0.2, -0.15) is 13.2 Å². The monoisotopic (exact) mass is 243 g/mol. The Morgan fingerprint density at radius 2 is 1.94 bits per heavy atom. The van der Waals surface area contributed by atoms with Crippen molar-refractivity contribution >= 4 is 16.9 Å². The van der Waals surface area contributed by atoms with Gasteiger partial charge in [0.25, 0.3) is 0 Å². The van der Waals surface area contributed by atoms with Gasteiger partial charge < -0.3 is 10.1 Å². The highest BCUT2D eigenvalue weighted by molar-refractivity contribution is 5.89. The number of aliphatic carboxylic acids is 1. The van der Waals surface area contributed by atoms with Crippen LogP contribution < -0.4 is 0 Å². The van der Waals surface area contributed by atoms with Gasteiger partial charge in [0.15, 0.2) is 5.92 Å². The summed E-state index contributed by atoms with van der Waals surface area (Å²) >= 11 is 0. The molecule has 2 aromatic rings. The van der Waals surface area contributed by atoms with Crippen LogP contribution in [0.5, 0.6) is 0 Å². The summed E-state index contributed by atoms with van der Waals surface area (Å²) in [5.41, 5.74) is 0.221. The molecule has 0 aliphatic rings. The van der Waals surface area contributed by atoms with E-state index < -0.39 is 18.1 Å². The van der Waals surface area contributed by atoms with E-state index in [-0.39, 0.29) is 10.9 Å². The van der Waals surface area contributed by atoms with Crippen molar-refractivity contribution in [3.05, 3.63) is 36.0 Å². The number of hydrogen-bond donors (Lipinski definition) is 2. The molecule has 0 saturated heterocycles. The Morgan fingerprint density at radius 3 is 2.53 bits per heavy atom. The van der Waals surface area contributed by atoms with Crippen LogP contribution in [0.1, 0.15) is 11.5 Å². The van der Waals surface area contributed by atoms with Crippen LogP contribution in [-0.2, 0) is 4.79 Å². The predicted octanol–water partition coefficient (Wildman–Crippen LogP) is 2.90. The van der Waals surface area contributed by atoms with E-state index in [9.17, 15) is 18.0 Å². The highest BCUT2D eigenvalue weighted by Crippen LogP contribution is 2.38. The highest BCUT2D eigenvalue weighted by atomic mass is 19.4. The maximum atomic E-state index is 12.7. The normalized spacial score (nSPS) is 13.8. The van der Waals surface area contributed by atoms with E-state index in [1.54, 1.807) is 18.2 Å². The molecule has 0 aliphatic heterocycles. The second-order valence-corrected chi connectivity index (χ2v) is 3.60. The number of carboxylic acid groups (broad SMARTS) is 1. The number of alkyl halides is 3. The molecule has 0 fully saturated rings. The van der Waals surface area contributed by atoms with Crippen LogP contribution in [0.4, 0.5) is 13.2 Å². The maximum Gasteiger partial charge on any atom is 0.406 e. The fourth-order valence-electron chi connectivity index (χ4n) is 1.78. The second-order valence-electron chi connectivity index (χ2n) is 3.60. The maximum absolute atomic E-state index is 12.7. The number of halogens is 3. The summed E-state index contributed by atoms with van der Waals surface area (Å²) in [6, 6.07) is 6.28. The highest BCUT2D eigenvalue weighted by Gasteiger charge is 2.47. The number of rotatable bonds is 2. The average molecular weight is 243 g/mol. The van der Waals surface area contributed by atoms with Crippen molar-refractivity contribution in [2.24, 2.45) is 0 Å². The molecule has 0 saturated carbocycles. The van der Waals surface area contributed by atoms with Crippen LogP contribution in [0.25, 0.3) is 10.9 Å². The number of aromatic amines is 1. The van der Waals surface area contributed by atoms with Crippen molar-refractivity contribution in [1.82, 2.24) is 4.98 Å². The summed E-state index contributed by atoms with van der Waals surface area (Å²) < 4.78 is 38.0. The summed E-state index contributed by atoms with van der Waals surface area (Å²) in [4.78, 5) is 13.4. The quantitative estimate of drug-likeness (QED) is 0.852. The van der Waals surface area contributed by atoms with E-state index in [0.29, 0.717) is 5.52 Å². The van der Waals surface area contributed by atoms with Gasteiger partial charge in [-0.05, 0) is 6.07 Å². The van der Waals surface area contributed by atoms with Crippen molar-refractivity contribution in [3.8, 4) is 0 Å². The van der Waals surface area contributed by atoms with Gasteiger partial charge in [0.05, 0.1) is 0 Å². The zero-order valence-electron chi connectivity index (χ0n) is 8.45. The number of carboxylic acids is 1. The van der Waals surface area contributed by atoms with E-state index in [1.165, 1.54) is 6.07 Å². The van der Waals surface area contributed by atoms with Gasteiger partial charge >= 0.3 is 12.1 Å². The Hall–Kier alpha value is -1.98. The lowest BCUT2D eigenvalue weighted by molar-refractivity contribution is -0.176. The molecule has 0 amide bonds. The van der Waals surface area contributed by atoms with Crippen molar-refractivity contribution in [1.29, 1.82) is 0 Å². The molecule has 0 spiro atoms. The molecule has 17 heavy (non-hydrogen) atoms. The molecular weight excluding hydrogens is 235 g/mol. The molecule has 1 aromatic carbocycles. The molecule has 3 nitrogen and oxygen atoms in total. The fourth-order valence-corrected chi connectivity index (χ4v) is 1.78. The summed E-state index contributed by atoms with van der Waals surface area (Å²) in [6.07, 6.45) is -3.71. The number of carbonyl (C=O) groups is 1. The Labute approximate surface area is 93.9 Å². The zero-order valence-corrected chi connectivity index (χ0v) is 8.45. The lowest BCUT2D eigenvalue weighted by atomic mass is 9.98. The molecule has 1 unspecified atom stereocenters. The Kier molecular flexibility index (Phi) is 2.57. The molecule has 2 N–H and O–H groups in total. The summed E-state index contributed by atoms with van der Waals surface area (Å²) in [7, 11) is 0. The van der Waals surface area contributed by atoms with Crippen LogP contribution in [0.3, 0.4) is 0 Å². The molecule has 0 aliphatic carbocycles. The van der Waals surface area contributed by atoms with Crippen LogP contribution in [0, 0.1) is 0 Å². The van der Waals surface area contributed by atoms with Crippen LogP contribution in [-0.4, -0.2) is 22.2 Å². The van der Waals surface area contributed by atoms with Gasteiger partial charge in [-0.25, -0.2) is 0 Å². The van der Waals surface area contributed by atoms with Crippen molar-refractivity contribution < 1.29 is 23.1 Å².